The van der Waals surface area contributed by atoms with Crippen LogP contribution in [0.25, 0.3) is 11.1 Å². The van der Waals surface area contributed by atoms with Gasteiger partial charge in [-0.1, -0.05) is 0 Å². The van der Waals surface area contributed by atoms with E-state index in [1.54, 1.807) is 19.2 Å². The normalized spacial score (nSPS) is 14.3. The zero-order valence-electron chi connectivity index (χ0n) is 15.3. The maximum atomic E-state index is 12.6. The molecule has 3 aromatic rings. The van der Waals surface area contributed by atoms with Gasteiger partial charge in [0.25, 0.3) is 5.91 Å². The first-order valence-electron chi connectivity index (χ1n) is 8.82. The highest BCUT2D eigenvalue weighted by atomic mass is 35.5. The SMILES string of the molecule is COc1ccc(N2CCOCC2)c2oc(NC(=O)c3ccnc(CCl)c3)nc12. The van der Waals surface area contributed by atoms with E-state index in [4.69, 9.17) is 25.5 Å². The van der Waals surface area contributed by atoms with Gasteiger partial charge in [0.2, 0.25) is 0 Å². The summed E-state index contributed by atoms with van der Waals surface area (Å²) in [5.41, 5.74) is 3.04. The molecule has 0 aliphatic carbocycles. The number of aromatic nitrogens is 2. The van der Waals surface area contributed by atoms with Crippen LogP contribution in [0.5, 0.6) is 5.75 Å². The second-order valence-electron chi connectivity index (χ2n) is 6.21. The number of pyridine rings is 1. The van der Waals surface area contributed by atoms with Gasteiger partial charge in [-0.15, -0.1) is 11.6 Å². The predicted molar refractivity (Wildman–Crippen MR) is 105 cm³/mol. The number of halogens is 1. The highest BCUT2D eigenvalue weighted by molar-refractivity contribution is 6.17. The second kappa shape index (κ2) is 8.04. The molecular formula is C19H19ClN4O4. The Bertz CT molecular complexity index is 1000. The summed E-state index contributed by atoms with van der Waals surface area (Å²) in [5, 5.41) is 2.69. The van der Waals surface area contributed by atoms with E-state index in [1.807, 2.05) is 12.1 Å². The van der Waals surface area contributed by atoms with Crippen molar-refractivity contribution in [1.29, 1.82) is 0 Å². The molecule has 1 fully saturated rings. The Balaban J connectivity index is 1.66. The third-order valence-corrected chi connectivity index (χ3v) is 4.77. The van der Waals surface area contributed by atoms with Crippen molar-refractivity contribution in [3.05, 3.63) is 41.7 Å². The quantitative estimate of drug-likeness (QED) is 0.656. The number of rotatable bonds is 5. The monoisotopic (exact) mass is 402 g/mol. The number of ether oxygens (including phenoxy) is 2. The number of nitrogens with one attached hydrogen (secondary N) is 1. The lowest BCUT2D eigenvalue weighted by Gasteiger charge is -2.28. The minimum atomic E-state index is -0.354. The molecule has 28 heavy (non-hydrogen) atoms. The van der Waals surface area contributed by atoms with E-state index in [0.717, 1.165) is 18.8 Å². The molecule has 0 bridgehead atoms. The van der Waals surface area contributed by atoms with Crippen molar-refractivity contribution < 1.29 is 18.7 Å². The molecule has 4 rings (SSSR count). The smallest absolute Gasteiger partial charge is 0.302 e. The van der Waals surface area contributed by atoms with Crippen molar-refractivity contribution in [3.63, 3.8) is 0 Å². The van der Waals surface area contributed by atoms with Gasteiger partial charge >= 0.3 is 6.01 Å². The minimum Gasteiger partial charge on any atom is -0.494 e. The lowest BCUT2D eigenvalue weighted by atomic mass is 10.2. The summed E-state index contributed by atoms with van der Waals surface area (Å²) >= 11 is 5.79. The highest BCUT2D eigenvalue weighted by Crippen LogP contribution is 2.35. The number of methoxy groups -OCH3 is 1. The fourth-order valence-corrected chi connectivity index (χ4v) is 3.25. The van der Waals surface area contributed by atoms with Crippen LogP contribution in [0.3, 0.4) is 0 Å². The second-order valence-corrected chi connectivity index (χ2v) is 6.47. The topological polar surface area (TPSA) is 89.7 Å². The van der Waals surface area contributed by atoms with Crippen LogP contribution < -0.4 is 15.0 Å². The van der Waals surface area contributed by atoms with E-state index in [9.17, 15) is 4.79 Å². The molecule has 1 aromatic carbocycles. The van der Waals surface area contributed by atoms with Gasteiger partial charge in [-0.2, -0.15) is 4.98 Å². The molecule has 8 nitrogen and oxygen atoms in total. The largest absolute Gasteiger partial charge is 0.494 e. The van der Waals surface area contributed by atoms with Crippen LogP contribution in [0.15, 0.2) is 34.9 Å². The van der Waals surface area contributed by atoms with Crippen molar-refractivity contribution >= 4 is 40.3 Å². The van der Waals surface area contributed by atoms with Crippen LogP contribution >= 0.6 is 11.6 Å². The number of carbonyl (C=O) groups is 1. The summed E-state index contributed by atoms with van der Waals surface area (Å²) in [6.07, 6.45) is 1.54. The molecule has 0 saturated carbocycles. The average molecular weight is 403 g/mol. The van der Waals surface area contributed by atoms with Crippen molar-refractivity contribution in [2.75, 3.05) is 43.6 Å². The van der Waals surface area contributed by atoms with Crippen LogP contribution in [0.4, 0.5) is 11.7 Å². The fraction of sp³-hybridized carbons (Fsp3) is 0.316. The van der Waals surface area contributed by atoms with Gasteiger partial charge in [-0.3, -0.25) is 15.1 Å². The molecule has 0 spiro atoms. The van der Waals surface area contributed by atoms with E-state index in [2.05, 4.69) is 20.2 Å². The summed E-state index contributed by atoms with van der Waals surface area (Å²) in [6, 6.07) is 7.11. The first-order valence-corrected chi connectivity index (χ1v) is 9.35. The van der Waals surface area contributed by atoms with Crippen molar-refractivity contribution in [2.45, 2.75) is 5.88 Å². The number of alkyl halides is 1. The Hall–Kier alpha value is -2.84. The number of anilines is 2. The molecule has 0 unspecified atom stereocenters. The molecule has 1 aliphatic heterocycles. The molecular weight excluding hydrogens is 384 g/mol. The number of morpholine rings is 1. The molecule has 2 aromatic heterocycles. The van der Waals surface area contributed by atoms with Gasteiger partial charge in [-0.05, 0) is 24.3 Å². The number of fused-ring (bicyclic) bond motifs is 1. The Morgan fingerprint density at radius 3 is 2.89 bits per heavy atom. The first kappa shape index (κ1) is 18.5. The average Bonchev–Trinajstić information content (AvgIpc) is 3.17. The summed E-state index contributed by atoms with van der Waals surface area (Å²) in [6.45, 7) is 2.80. The van der Waals surface area contributed by atoms with E-state index < -0.39 is 0 Å². The number of nitrogens with zero attached hydrogens (tertiary/aromatic N) is 3. The van der Waals surface area contributed by atoms with Crippen molar-refractivity contribution in [2.24, 2.45) is 0 Å². The first-order chi connectivity index (χ1) is 13.7. The Morgan fingerprint density at radius 1 is 1.32 bits per heavy atom. The third kappa shape index (κ3) is 3.61. The van der Waals surface area contributed by atoms with E-state index >= 15 is 0 Å². The predicted octanol–water partition coefficient (Wildman–Crippen LogP) is 3.06. The molecule has 1 aliphatic rings. The molecule has 1 N–H and O–H groups in total. The summed E-state index contributed by atoms with van der Waals surface area (Å²) in [7, 11) is 1.57. The van der Waals surface area contributed by atoms with Gasteiger partial charge in [0.15, 0.2) is 11.1 Å². The lowest BCUT2D eigenvalue weighted by molar-refractivity contribution is 0.102. The molecule has 0 radical (unpaired) electrons. The van der Waals surface area contributed by atoms with Crippen LogP contribution in [0.2, 0.25) is 0 Å². The highest BCUT2D eigenvalue weighted by Gasteiger charge is 2.21. The molecule has 3 heterocycles. The summed E-state index contributed by atoms with van der Waals surface area (Å²) in [5.74, 6) is 0.446. The summed E-state index contributed by atoms with van der Waals surface area (Å²) in [4.78, 5) is 23.2. The minimum absolute atomic E-state index is 0.100. The van der Waals surface area contributed by atoms with Crippen LogP contribution in [-0.2, 0) is 10.6 Å². The van der Waals surface area contributed by atoms with Gasteiger partial charge in [0.05, 0.1) is 37.6 Å². The van der Waals surface area contributed by atoms with Crippen LogP contribution in [0.1, 0.15) is 16.1 Å². The zero-order valence-corrected chi connectivity index (χ0v) is 16.0. The summed E-state index contributed by atoms with van der Waals surface area (Å²) < 4.78 is 16.7. The van der Waals surface area contributed by atoms with Crippen molar-refractivity contribution in [3.8, 4) is 5.75 Å². The van der Waals surface area contributed by atoms with Crippen LogP contribution in [0, 0.1) is 0 Å². The zero-order chi connectivity index (χ0) is 19.5. The van der Waals surface area contributed by atoms with Gasteiger partial charge in [0.1, 0.15) is 5.75 Å². The maximum absolute atomic E-state index is 12.6. The molecule has 9 heteroatoms. The van der Waals surface area contributed by atoms with Gasteiger partial charge < -0.3 is 18.8 Å². The van der Waals surface area contributed by atoms with E-state index in [1.165, 1.54) is 6.20 Å². The Kier molecular flexibility index (Phi) is 5.31. The molecule has 146 valence electrons. The number of hydrogen-bond acceptors (Lipinski definition) is 7. The molecule has 0 atom stereocenters. The molecule has 1 amide bonds. The van der Waals surface area contributed by atoms with Crippen molar-refractivity contribution in [1.82, 2.24) is 9.97 Å². The molecule has 1 saturated heterocycles. The van der Waals surface area contributed by atoms with E-state index in [0.29, 0.717) is 41.3 Å². The van der Waals surface area contributed by atoms with Gasteiger partial charge in [-0.25, -0.2) is 0 Å². The standard InChI is InChI=1S/C19H19ClN4O4/c1-26-15-3-2-14(24-6-8-27-9-7-24)17-16(15)22-19(28-17)23-18(25)12-4-5-21-13(10-12)11-20/h2-5,10H,6-9,11H2,1H3,(H,22,23,25). The maximum Gasteiger partial charge on any atom is 0.302 e. The van der Waals surface area contributed by atoms with E-state index in [-0.39, 0.29) is 17.8 Å². The Labute approximate surface area is 166 Å². The van der Waals surface area contributed by atoms with Gasteiger partial charge in [0, 0.05) is 24.8 Å². The number of carbonyl (C=O) groups excluding carboxylic acids is 1. The fourth-order valence-electron chi connectivity index (χ4n) is 3.10. The number of benzene rings is 1. The third-order valence-electron chi connectivity index (χ3n) is 4.49. The number of amides is 1. The Morgan fingerprint density at radius 2 is 2.14 bits per heavy atom. The number of hydrogen-bond donors (Lipinski definition) is 1. The van der Waals surface area contributed by atoms with Crippen LogP contribution in [-0.4, -0.2) is 49.3 Å². The lowest BCUT2D eigenvalue weighted by Crippen LogP contribution is -2.36. The number of oxazole rings is 1.